The van der Waals surface area contributed by atoms with Crippen molar-refractivity contribution in [2.24, 2.45) is 0 Å². The van der Waals surface area contributed by atoms with Gasteiger partial charge in [-0.3, -0.25) is 0 Å². The monoisotopic (exact) mass is 181 g/mol. The Kier molecular flexibility index (Phi) is 2.12. The largest absolute Gasteiger partial charge is 0.355 e. The van der Waals surface area contributed by atoms with Gasteiger partial charge in [-0.1, -0.05) is 24.1 Å². The third-order valence-electron chi connectivity index (χ3n) is 2.35. The molecule has 0 fully saturated rings. The molecule has 0 bridgehead atoms. The minimum Gasteiger partial charge on any atom is -0.355 e. The molecule has 2 aromatic rings. The van der Waals surface area contributed by atoms with Crippen LogP contribution in [0.15, 0.2) is 30.3 Å². The van der Waals surface area contributed by atoms with Crippen molar-refractivity contribution in [1.82, 2.24) is 4.98 Å². The Bertz CT molecular complexity index is 524. The summed E-state index contributed by atoms with van der Waals surface area (Å²) in [7, 11) is 0. The van der Waals surface area contributed by atoms with E-state index in [-0.39, 0.29) is 0 Å². The van der Waals surface area contributed by atoms with E-state index >= 15 is 0 Å². The topological polar surface area (TPSA) is 15.8 Å². The maximum atomic E-state index is 5.17. The van der Waals surface area contributed by atoms with Gasteiger partial charge < -0.3 is 4.98 Å². The molecular formula is C13H11N. The number of benzene rings is 1. The average Bonchev–Trinajstić information content (AvgIpc) is 2.54. The molecule has 1 aromatic heterocycles. The maximum absolute atomic E-state index is 5.17. The first-order valence-corrected chi connectivity index (χ1v) is 4.53. The van der Waals surface area contributed by atoms with Gasteiger partial charge in [0.1, 0.15) is 0 Å². The molecule has 0 amide bonds. The number of aryl methyl sites for hydroxylation is 1. The number of aromatic nitrogens is 1. The fourth-order valence-corrected chi connectivity index (χ4v) is 1.60. The van der Waals surface area contributed by atoms with E-state index in [0.717, 1.165) is 11.2 Å². The van der Waals surface area contributed by atoms with Crippen LogP contribution in [0.25, 0.3) is 17.0 Å². The number of aromatic amines is 1. The molecule has 0 aliphatic heterocycles. The molecule has 1 heteroatoms. The van der Waals surface area contributed by atoms with Gasteiger partial charge in [-0.25, -0.2) is 0 Å². The van der Waals surface area contributed by atoms with E-state index < -0.39 is 0 Å². The van der Waals surface area contributed by atoms with Gasteiger partial charge in [0.25, 0.3) is 0 Å². The summed E-state index contributed by atoms with van der Waals surface area (Å²) in [6, 6.07) is 8.23. The second-order valence-corrected chi connectivity index (χ2v) is 3.21. The van der Waals surface area contributed by atoms with Crippen molar-refractivity contribution in [3.63, 3.8) is 0 Å². The molecule has 0 unspecified atom stereocenters. The van der Waals surface area contributed by atoms with Crippen LogP contribution in [-0.4, -0.2) is 4.98 Å². The number of hydrogen-bond donors (Lipinski definition) is 1. The number of fused-ring (bicyclic) bond motifs is 1. The van der Waals surface area contributed by atoms with Crippen LogP contribution in [0, 0.1) is 19.3 Å². The molecule has 0 atom stereocenters. The predicted octanol–water partition coefficient (Wildman–Crippen LogP) is 3.12. The van der Waals surface area contributed by atoms with Crippen LogP contribution in [0.5, 0.6) is 0 Å². The molecule has 0 spiro atoms. The molecule has 2 rings (SSSR count). The van der Waals surface area contributed by atoms with Crippen molar-refractivity contribution in [2.75, 3.05) is 0 Å². The van der Waals surface area contributed by atoms with E-state index in [9.17, 15) is 0 Å². The predicted molar refractivity (Wildman–Crippen MR) is 60.9 cm³/mol. The first-order valence-electron chi connectivity index (χ1n) is 4.53. The molecule has 1 heterocycles. The van der Waals surface area contributed by atoms with Crippen LogP contribution in [0.2, 0.25) is 0 Å². The van der Waals surface area contributed by atoms with Gasteiger partial charge >= 0.3 is 0 Å². The third kappa shape index (κ3) is 1.31. The van der Waals surface area contributed by atoms with Gasteiger partial charge in [0, 0.05) is 16.6 Å². The number of terminal acetylenes is 1. The zero-order chi connectivity index (χ0) is 9.97. The highest BCUT2D eigenvalue weighted by molar-refractivity contribution is 5.86. The van der Waals surface area contributed by atoms with Gasteiger partial charge in [0.15, 0.2) is 0 Å². The lowest BCUT2D eigenvalue weighted by molar-refractivity contribution is 1.38. The fraction of sp³-hybridized carbons (Fsp3) is 0.0769. The highest BCUT2D eigenvalue weighted by Crippen LogP contribution is 2.21. The SMILES string of the molecule is C#C/C=C\c1[nH]c2ccccc2c1C. The molecule has 0 aliphatic carbocycles. The minimum atomic E-state index is 1.09. The lowest BCUT2D eigenvalue weighted by Gasteiger charge is -1.89. The summed E-state index contributed by atoms with van der Waals surface area (Å²) >= 11 is 0. The van der Waals surface area contributed by atoms with Crippen molar-refractivity contribution < 1.29 is 0 Å². The van der Waals surface area contributed by atoms with E-state index in [4.69, 9.17) is 6.42 Å². The molecular weight excluding hydrogens is 170 g/mol. The van der Waals surface area contributed by atoms with E-state index in [1.165, 1.54) is 10.9 Å². The number of nitrogens with one attached hydrogen (secondary N) is 1. The van der Waals surface area contributed by atoms with Crippen LogP contribution in [-0.2, 0) is 0 Å². The van der Waals surface area contributed by atoms with Crippen molar-refractivity contribution in [3.8, 4) is 12.3 Å². The van der Waals surface area contributed by atoms with E-state index in [0.29, 0.717) is 0 Å². The van der Waals surface area contributed by atoms with Crippen molar-refractivity contribution in [1.29, 1.82) is 0 Å². The smallest absolute Gasteiger partial charge is 0.0461 e. The number of rotatable bonds is 1. The Morgan fingerprint density at radius 3 is 2.86 bits per heavy atom. The maximum Gasteiger partial charge on any atom is 0.0461 e. The molecule has 14 heavy (non-hydrogen) atoms. The number of H-pyrrole nitrogens is 1. The van der Waals surface area contributed by atoms with Crippen molar-refractivity contribution >= 4 is 17.0 Å². The quantitative estimate of drug-likeness (QED) is 0.650. The van der Waals surface area contributed by atoms with Crippen LogP contribution < -0.4 is 0 Å². The molecule has 1 nitrogen and oxygen atoms in total. The highest BCUT2D eigenvalue weighted by atomic mass is 14.7. The van der Waals surface area contributed by atoms with Crippen LogP contribution >= 0.6 is 0 Å². The van der Waals surface area contributed by atoms with Gasteiger partial charge in [0.2, 0.25) is 0 Å². The summed E-state index contributed by atoms with van der Waals surface area (Å²) < 4.78 is 0. The third-order valence-corrected chi connectivity index (χ3v) is 2.35. The zero-order valence-electron chi connectivity index (χ0n) is 8.04. The van der Waals surface area contributed by atoms with E-state index in [2.05, 4.69) is 30.0 Å². The molecule has 0 radical (unpaired) electrons. The first kappa shape index (κ1) is 8.65. The lowest BCUT2D eigenvalue weighted by Crippen LogP contribution is -1.73. The van der Waals surface area contributed by atoms with Crippen LogP contribution in [0.4, 0.5) is 0 Å². The Morgan fingerprint density at radius 1 is 1.36 bits per heavy atom. The van der Waals surface area contributed by atoms with E-state index in [1.807, 2.05) is 18.2 Å². The van der Waals surface area contributed by atoms with E-state index in [1.54, 1.807) is 6.08 Å². The Balaban J connectivity index is 2.64. The van der Waals surface area contributed by atoms with Gasteiger partial charge in [-0.15, -0.1) is 6.42 Å². The fourth-order valence-electron chi connectivity index (χ4n) is 1.60. The molecule has 0 saturated carbocycles. The molecule has 1 aromatic carbocycles. The average molecular weight is 181 g/mol. The van der Waals surface area contributed by atoms with Crippen LogP contribution in [0.3, 0.4) is 0 Å². The molecule has 68 valence electrons. The Morgan fingerprint density at radius 2 is 2.14 bits per heavy atom. The molecule has 1 N–H and O–H groups in total. The highest BCUT2D eigenvalue weighted by Gasteiger charge is 2.02. The zero-order valence-corrected chi connectivity index (χ0v) is 8.04. The summed E-state index contributed by atoms with van der Waals surface area (Å²) in [5, 5.41) is 1.25. The van der Waals surface area contributed by atoms with Crippen molar-refractivity contribution in [3.05, 3.63) is 41.6 Å². The number of para-hydroxylation sites is 1. The molecule has 0 aliphatic rings. The normalized spacial score (nSPS) is 10.9. The Hall–Kier alpha value is -1.94. The lowest BCUT2D eigenvalue weighted by atomic mass is 10.1. The number of hydrogen-bond acceptors (Lipinski definition) is 0. The van der Waals surface area contributed by atoms with Gasteiger partial charge in [-0.05, 0) is 30.7 Å². The van der Waals surface area contributed by atoms with Gasteiger partial charge in [-0.2, -0.15) is 0 Å². The summed E-state index contributed by atoms with van der Waals surface area (Å²) in [6.07, 6.45) is 8.80. The first-order chi connectivity index (χ1) is 6.83. The molecule has 0 saturated heterocycles. The van der Waals surface area contributed by atoms with Crippen LogP contribution in [0.1, 0.15) is 11.3 Å². The van der Waals surface area contributed by atoms with Gasteiger partial charge in [0.05, 0.1) is 0 Å². The minimum absolute atomic E-state index is 1.09. The summed E-state index contributed by atoms with van der Waals surface area (Å²) in [5.41, 5.74) is 3.48. The van der Waals surface area contributed by atoms with Crippen molar-refractivity contribution in [2.45, 2.75) is 6.92 Å². The number of allylic oxidation sites excluding steroid dienone is 1. The summed E-state index contributed by atoms with van der Waals surface area (Å²) in [4.78, 5) is 3.32. The summed E-state index contributed by atoms with van der Waals surface area (Å²) in [5.74, 6) is 2.49. The second-order valence-electron chi connectivity index (χ2n) is 3.21. The Labute approximate surface area is 83.5 Å². The standard InChI is InChI=1S/C13H11N/c1-3-4-8-12-10(2)11-7-5-6-9-13(11)14-12/h1,4-9,14H,2H3/b8-4-. The second kappa shape index (κ2) is 3.43. The summed E-state index contributed by atoms with van der Waals surface area (Å²) in [6.45, 7) is 2.09.